The molecule has 0 aliphatic rings. The van der Waals surface area contributed by atoms with Gasteiger partial charge in [0.1, 0.15) is 23.5 Å². The maximum absolute atomic E-state index is 9.97. The number of rotatable bonds is 8. The molecule has 0 aliphatic carbocycles. The maximum Gasteiger partial charge on any atom is 0.124 e. The van der Waals surface area contributed by atoms with Crippen molar-refractivity contribution in [1.29, 1.82) is 0 Å². The molecule has 40 heavy (non-hydrogen) atoms. The molecule has 0 aliphatic heterocycles. The largest absolute Gasteiger partial charge is 0.497 e. The van der Waals surface area contributed by atoms with Gasteiger partial charge < -0.3 is 29.2 Å². The molecule has 6 heteroatoms. The molecule has 0 radical (unpaired) electrons. The van der Waals surface area contributed by atoms with Crippen molar-refractivity contribution in [3.8, 4) is 17.2 Å². The van der Waals surface area contributed by atoms with E-state index in [-0.39, 0.29) is 13.2 Å². The van der Waals surface area contributed by atoms with Crippen LogP contribution in [0.5, 0.6) is 17.2 Å². The summed E-state index contributed by atoms with van der Waals surface area (Å²) >= 11 is 0. The zero-order valence-corrected chi connectivity index (χ0v) is 23.7. The predicted molar refractivity (Wildman–Crippen MR) is 162 cm³/mol. The summed E-state index contributed by atoms with van der Waals surface area (Å²) in [7, 11) is 4.88. The highest BCUT2D eigenvalue weighted by Gasteiger charge is 1.96. The Hall–Kier alpha value is -4.39. The monoisotopic (exact) mass is 544 g/mol. The molecule has 0 spiro atoms. The molecule has 0 fully saturated rings. The molecule has 4 aromatic carbocycles. The van der Waals surface area contributed by atoms with Gasteiger partial charge in [0.2, 0.25) is 0 Å². The molecule has 0 bridgehead atoms. The Kier molecular flexibility index (Phi) is 18.1. The minimum atomic E-state index is 0.0318. The number of benzene rings is 4. The van der Waals surface area contributed by atoms with Gasteiger partial charge in [0, 0.05) is 12.0 Å². The highest BCUT2D eigenvalue weighted by molar-refractivity contribution is 5.54. The zero-order valence-electron chi connectivity index (χ0n) is 23.7. The average Bonchev–Trinajstić information content (AvgIpc) is 3.03. The smallest absolute Gasteiger partial charge is 0.124 e. The van der Waals surface area contributed by atoms with Gasteiger partial charge in [-0.1, -0.05) is 84.9 Å². The van der Waals surface area contributed by atoms with E-state index in [1.165, 1.54) is 5.56 Å². The van der Waals surface area contributed by atoms with Gasteiger partial charge in [0.25, 0.3) is 0 Å². The van der Waals surface area contributed by atoms with E-state index in [9.17, 15) is 4.79 Å². The van der Waals surface area contributed by atoms with Crippen LogP contribution in [0.25, 0.3) is 6.08 Å². The van der Waals surface area contributed by atoms with Crippen molar-refractivity contribution in [3.63, 3.8) is 0 Å². The van der Waals surface area contributed by atoms with Crippen LogP contribution >= 0.6 is 0 Å². The third kappa shape index (κ3) is 14.0. The molecule has 212 valence electrons. The van der Waals surface area contributed by atoms with Gasteiger partial charge in [-0.15, -0.1) is 0 Å². The molecular weight excluding hydrogens is 504 g/mol. The van der Waals surface area contributed by atoms with E-state index >= 15 is 0 Å². The van der Waals surface area contributed by atoms with Gasteiger partial charge in [-0.2, -0.15) is 0 Å². The van der Waals surface area contributed by atoms with Crippen molar-refractivity contribution in [2.75, 3.05) is 21.3 Å². The number of methoxy groups -OCH3 is 3. The third-order valence-corrected chi connectivity index (χ3v) is 5.34. The molecule has 0 aromatic heterocycles. The lowest BCUT2D eigenvalue weighted by Crippen LogP contribution is -1.89. The first-order valence-electron chi connectivity index (χ1n) is 12.8. The van der Waals surface area contributed by atoms with Crippen molar-refractivity contribution in [3.05, 3.63) is 131 Å². The quantitative estimate of drug-likeness (QED) is 0.245. The number of para-hydroxylation sites is 1. The molecule has 0 unspecified atom stereocenters. The standard InChI is InChI=1S/C10H12O.2C8H10O2.C8H8O/c1-3-4-9-5-7-10(11-2)8-6-9;1-10-8-4-2-7(6-9)3-5-8;1-10-8-5-3-2-4-7(8)6-9;9-7-6-8-4-2-1-3-5-8/h3-8H,1-2H3;2*2-5,9H,6H2,1H3;1-5,7H,6H2/b4-3+;;;. The first-order valence-corrected chi connectivity index (χ1v) is 12.8. The second-order valence-corrected chi connectivity index (χ2v) is 8.11. The lowest BCUT2D eigenvalue weighted by atomic mass is 10.2. The third-order valence-electron chi connectivity index (χ3n) is 5.34. The fourth-order valence-corrected chi connectivity index (χ4v) is 3.18. The topological polar surface area (TPSA) is 85.2 Å². The first-order chi connectivity index (χ1) is 19.5. The minimum Gasteiger partial charge on any atom is -0.497 e. The van der Waals surface area contributed by atoms with Crippen molar-refractivity contribution in [1.82, 2.24) is 0 Å². The molecule has 0 saturated heterocycles. The Morgan fingerprint density at radius 1 is 0.625 bits per heavy atom. The molecule has 0 amide bonds. The summed E-state index contributed by atoms with van der Waals surface area (Å²) in [6.45, 7) is 2.12. The highest BCUT2D eigenvalue weighted by atomic mass is 16.5. The molecule has 0 saturated carbocycles. The summed E-state index contributed by atoms with van der Waals surface area (Å²) in [4.78, 5) is 9.97. The van der Waals surface area contributed by atoms with Gasteiger partial charge in [0.15, 0.2) is 0 Å². The van der Waals surface area contributed by atoms with Crippen LogP contribution in [0.2, 0.25) is 0 Å². The Morgan fingerprint density at radius 3 is 1.62 bits per heavy atom. The number of aldehydes is 1. The molecule has 4 aromatic rings. The van der Waals surface area contributed by atoms with Crippen molar-refractivity contribution in [2.45, 2.75) is 26.6 Å². The van der Waals surface area contributed by atoms with Gasteiger partial charge in [0.05, 0.1) is 34.5 Å². The van der Waals surface area contributed by atoms with Gasteiger partial charge >= 0.3 is 0 Å². The number of carbonyl (C=O) groups excluding carboxylic acids is 1. The van der Waals surface area contributed by atoms with E-state index in [4.69, 9.17) is 24.4 Å². The number of allylic oxidation sites excluding steroid dienone is 1. The second kappa shape index (κ2) is 21.5. The summed E-state index contributed by atoms with van der Waals surface area (Å²) in [5, 5.41) is 17.4. The van der Waals surface area contributed by atoms with Gasteiger partial charge in [-0.05, 0) is 53.9 Å². The van der Waals surface area contributed by atoms with E-state index in [0.717, 1.165) is 40.2 Å². The summed E-state index contributed by atoms with van der Waals surface area (Å²) in [6, 6.07) is 32.3. The number of ether oxygens (including phenoxy) is 3. The normalized spacial score (nSPS) is 9.55. The maximum atomic E-state index is 9.97. The van der Waals surface area contributed by atoms with Crippen LogP contribution in [-0.2, 0) is 24.4 Å². The summed E-state index contributed by atoms with van der Waals surface area (Å²) < 4.78 is 14.9. The zero-order chi connectivity index (χ0) is 29.4. The van der Waals surface area contributed by atoms with E-state index < -0.39 is 0 Å². The number of hydrogen-bond donors (Lipinski definition) is 2. The number of aliphatic hydroxyl groups excluding tert-OH is 2. The van der Waals surface area contributed by atoms with E-state index in [0.29, 0.717) is 6.42 Å². The van der Waals surface area contributed by atoms with Gasteiger partial charge in [-0.3, -0.25) is 0 Å². The molecule has 0 heterocycles. The molecule has 0 atom stereocenters. The van der Waals surface area contributed by atoms with Crippen LogP contribution in [0.3, 0.4) is 0 Å². The molecular formula is C34H40O6. The van der Waals surface area contributed by atoms with Crippen molar-refractivity contribution in [2.24, 2.45) is 0 Å². The summed E-state index contributed by atoms with van der Waals surface area (Å²) in [5.41, 5.74) is 4.01. The fourth-order valence-electron chi connectivity index (χ4n) is 3.18. The number of hydrogen-bond acceptors (Lipinski definition) is 6. The van der Waals surface area contributed by atoms with Crippen LogP contribution in [0.1, 0.15) is 29.2 Å². The lowest BCUT2D eigenvalue weighted by Gasteiger charge is -2.03. The highest BCUT2D eigenvalue weighted by Crippen LogP contribution is 2.16. The summed E-state index contributed by atoms with van der Waals surface area (Å²) in [6.07, 6.45) is 5.51. The van der Waals surface area contributed by atoms with Crippen LogP contribution in [0, 0.1) is 0 Å². The van der Waals surface area contributed by atoms with E-state index in [2.05, 4.69) is 6.08 Å². The SMILES string of the molecule is C/C=C/c1ccc(OC)cc1.COc1ccc(CO)cc1.COc1ccccc1CO.O=CCc1ccccc1. The van der Waals surface area contributed by atoms with Gasteiger partial charge in [-0.25, -0.2) is 0 Å². The Bertz CT molecular complexity index is 1160. The average molecular weight is 545 g/mol. The van der Waals surface area contributed by atoms with Crippen LogP contribution < -0.4 is 14.2 Å². The molecule has 4 rings (SSSR count). The molecule has 2 N–H and O–H groups in total. The van der Waals surface area contributed by atoms with Crippen LogP contribution in [-0.4, -0.2) is 37.8 Å². The van der Waals surface area contributed by atoms with Crippen LogP contribution in [0.15, 0.2) is 109 Å². The predicted octanol–water partition coefficient (Wildman–Crippen LogP) is 6.53. The first kappa shape index (κ1) is 33.6. The lowest BCUT2D eigenvalue weighted by molar-refractivity contribution is -0.107. The molecule has 6 nitrogen and oxygen atoms in total. The van der Waals surface area contributed by atoms with Crippen molar-refractivity contribution >= 4 is 12.4 Å². The Balaban J connectivity index is 0.000000267. The fraction of sp³-hybridized carbons (Fsp3) is 0.206. The minimum absolute atomic E-state index is 0.0318. The summed E-state index contributed by atoms with van der Waals surface area (Å²) in [5.74, 6) is 2.46. The van der Waals surface area contributed by atoms with E-state index in [1.54, 1.807) is 21.3 Å². The Labute approximate surface area is 238 Å². The van der Waals surface area contributed by atoms with Crippen LogP contribution in [0.4, 0.5) is 0 Å². The Morgan fingerprint density at radius 2 is 1.18 bits per heavy atom. The van der Waals surface area contributed by atoms with Crippen molar-refractivity contribution < 1.29 is 29.2 Å². The number of carbonyl (C=O) groups is 1. The van der Waals surface area contributed by atoms with E-state index in [1.807, 2.05) is 116 Å². The number of aliphatic hydroxyl groups is 2. The second-order valence-electron chi connectivity index (χ2n) is 8.11.